The Bertz CT molecular complexity index is 598. The average Bonchev–Trinajstić information content (AvgIpc) is 2.39. The molecule has 0 fully saturated rings. The Hall–Kier alpha value is -2.37. The first kappa shape index (κ1) is 10.8. The lowest BCUT2D eigenvalue weighted by Crippen LogP contribution is -3.11. The van der Waals surface area contributed by atoms with Crippen LogP contribution in [0.2, 0.25) is 0 Å². The van der Waals surface area contributed by atoms with Crippen LogP contribution in [0.15, 0.2) is 48.5 Å². The molecule has 3 rings (SSSR count). The zero-order chi connectivity index (χ0) is 12.5. The van der Waals surface area contributed by atoms with Gasteiger partial charge < -0.3 is 5.21 Å². The normalized spacial score (nSPS) is 17.6. The number of benzene rings is 2. The van der Waals surface area contributed by atoms with E-state index in [-0.39, 0.29) is 5.17 Å². The van der Waals surface area contributed by atoms with E-state index in [1.54, 1.807) is 12.1 Å². The smallest absolute Gasteiger partial charge is 0.364 e. The van der Waals surface area contributed by atoms with Crippen molar-refractivity contribution in [2.24, 2.45) is 0 Å². The third kappa shape index (κ3) is 1.81. The number of carbonyl (C=O) groups excluding carboxylic acids is 1. The van der Waals surface area contributed by atoms with Gasteiger partial charge in [0.15, 0.2) is 5.69 Å². The number of quaternary nitrogens is 1. The minimum Gasteiger partial charge on any atom is -0.603 e. The van der Waals surface area contributed by atoms with Crippen molar-refractivity contribution in [3.63, 3.8) is 0 Å². The molecule has 2 amide bonds. The zero-order valence-corrected chi connectivity index (χ0v) is 9.44. The molecule has 0 bridgehead atoms. The van der Waals surface area contributed by atoms with Gasteiger partial charge in [-0.2, -0.15) is 5.43 Å². The summed E-state index contributed by atoms with van der Waals surface area (Å²) >= 11 is 0. The van der Waals surface area contributed by atoms with E-state index in [1.807, 2.05) is 36.4 Å². The van der Waals surface area contributed by atoms with Crippen molar-refractivity contribution < 1.29 is 9.97 Å². The standard InChI is InChI=1S/C13H11N3O2/c17-13-14-11-8-10(9-4-2-1-3-5-9)6-7-12(11)16(18)15-13/h1-8,16H,(H2,14,15,17). The minimum absolute atomic E-state index is 0.367. The highest BCUT2D eigenvalue weighted by Crippen LogP contribution is 2.27. The second-order valence-corrected chi connectivity index (χ2v) is 4.03. The lowest BCUT2D eigenvalue weighted by molar-refractivity contribution is -0.817. The summed E-state index contributed by atoms with van der Waals surface area (Å²) < 4.78 is 0. The van der Waals surface area contributed by atoms with E-state index in [1.165, 1.54) is 0 Å². The summed E-state index contributed by atoms with van der Waals surface area (Å²) in [4.78, 5) is 11.2. The second-order valence-electron chi connectivity index (χ2n) is 4.03. The minimum atomic E-state index is -0.488. The van der Waals surface area contributed by atoms with Crippen LogP contribution in [0.5, 0.6) is 0 Å². The average molecular weight is 241 g/mol. The van der Waals surface area contributed by atoms with Gasteiger partial charge in [-0.25, -0.2) is 9.97 Å². The van der Waals surface area contributed by atoms with Gasteiger partial charge >= 0.3 is 6.03 Å². The Balaban J connectivity index is 2.06. The molecule has 0 aliphatic carbocycles. The van der Waals surface area contributed by atoms with Crippen LogP contribution in [-0.4, -0.2) is 6.03 Å². The summed E-state index contributed by atoms with van der Waals surface area (Å²) in [6.45, 7) is 0. The highest BCUT2D eigenvalue weighted by Gasteiger charge is 2.21. The van der Waals surface area contributed by atoms with Gasteiger partial charge in [-0.1, -0.05) is 30.3 Å². The molecule has 5 heteroatoms. The van der Waals surface area contributed by atoms with Gasteiger partial charge in [-0.15, -0.1) is 0 Å². The van der Waals surface area contributed by atoms with E-state index < -0.39 is 6.03 Å². The molecule has 18 heavy (non-hydrogen) atoms. The first-order valence-corrected chi connectivity index (χ1v) is 5.56. The van der Waals surface area contributed by atoms with Gasteiger partial charge in [0.1, 0.15) is 5.69 Å². The Morgan fingerprint density at radius 2 is 1.78 bits per heavy atom. The van der Waals surface area contributed by atoms with E-state index in [0.717, 1.165) is 11.1 Å². The maximum Gasteiger partial charge on any atom is 0.364 e. The quantitative estimate of drug-likeness (QED) is 0.661. The maximum absolute atomic E-state index is 11.6. The van der Waals surface area contributed by atoms with Crippen molar-refractivity contribution in [3.05, 3.63) is 53.7 Å². The number of fused-ring (bicyclic) bond motifs is 1. The molecule has 90 valence electrons. The van der Waals surface area contributed by atoms with Crippen LogP contribution in [0.4, 0.5) is 16.2 Å². The predicted molar refractivity (Wildman–Crippen MR) is 68.0 cm³/mol. The fourth-order valence-electron chi connectivity index (χ4n) is 1.98. The lowest BCUT2D eigenvalue weighted by Gasteiger charge is -2.28. The summed E-state index contributed by atoms with van der Waals surface area (Å²) in [5.41, 5.74) is 5.24. The van der Waals surface area contributed by atoms with Crippen molar-refractivity contribution in [2.75, 3.05) is 5.32 Å². The maximum atomic E-state index is 11.6. The number of anilines is 1. The monoisotopic (exact) mass is 241 g/mol. The lowest BCUT2D eigenvalue weighted by atomic mass is 10.0. The van der Waals surface area contributed by atoms with Gasteiger partial charge in [-0.3, -0.25) is 5.32 Å². The number of hydrogen-bond donors (Lipinski definition) is 3. The molecule has 0 aromatic heterocycles. The van der Waals surface area contributed by atoms with E-state index in [2.05, 4.69) is 10.7 Å². The molecule has 0 saturated carbocycles. The molecule has 0 radical (unpaired) electrons. The predicted octanol–water partition coefficient (Wildman–Crippen LogP) is 1.42. The summed E-state index contributed by atoms with van der Waals surface area (Å²) in [6.07, 6.45) is 0. The molecule has 2 aromatic rings. The van der Waals surface area contributed by atoms with Gasteiger partial charge in [0.2, 0.25) is 0 Å². The molecule has 5 nitrogen and oxygen atoms in total. The molecule has 1 unspecified atom stereocenters. The number of amides is 2. The van der Waals surface area contributed by atoms with E-state index in [9.17, 15) is 10.0 Å². The molecular weight excluding hydrogens is 230 g/mol. The number of hydrogen-bond acceptors (Lipinski definition) is 2. The van der Waals surface area contributed by atoms with Gasteiger partial charge in [0.25, 0.3) is 0 Å². The summed E-state index contributed by atoms with van der Waals surface area (Å²) in [5.74, 6) is 0. The number of urea groups is 1. The summed E-state index contributed by atoms with van der Waals surface area (Å²) in [5, 5.41) is 13.8. The number of rotatable bonds is 1. The van der Waals surface area contributed by atoms with E-state index >= 15 is 0 Å². The van der Waals surface area contributed by atoms with Crippen molar-refractivity contribution in [2.45, 2.75) is 0 Å². The first-order valence-electron chi connectivity index (χ1n) is 5.56. The Labute approximate surface area is 104 Å². The molecule has 0 spiro atoms. The second kappa shape index (κ2) is 4.14. The molecule has 2 aromatic carbocycles. The van der Waals surface area contributed by atoms with Crippen LogP contribution in [0.25, 0.3) is 11.1 Å². The van der Waals surface area contributed by atoms with Crippen LogP contribution in [0.1, 0.15) is 0 Å². The van der Waals surface area contributed by atoms with Gasteiger partial charge in [-0.05, 0) is 23.3 Å². The van der Waals surface area contributed by atoms with Crippen molar-refractivity contribution in [1.29, 1.82) is 0 Å². The first-order chi connectivity index (χ1) is 8.74. The summed E-state index contributed by atoms with van der Waals surface area (Å²) in [6, 6.07) is 14.7. The topological polar surface area (TPSA) is 68.6 Å². The molecule has 1 aliphatic heterocycles. The molecule has 1 atom stereocenters. The molecule has 1 heterocycles. The van der Waals surface area contributed by atoms with Crippen LogP contribution in [-0.2, 0) is 0 Å². The third-order valence-electron chi connectivity index (χ3n) is 2.85. The van der Waals surface area contributed by atoms with Crippen LogP contribution in [0.3, 0.4) is 0 Å². The Kier molecular flexibility index (Phi) is 2.47. The fourth-order valence-corrected chi connectivity index (χ4v) is 1.98. The third-order valence-corrected chi connectivity index (χ3v) is 2.85. The largest absolute Gasteiger partial charge is 0.603 e. The zero-order valence-electron chi connectivity index (χ0n) is 9.44. The van der Waals surface area contributed by atoms with Crippen molar-refractivity contribution >= 4 is 17.4 Å². The molecule has 0 saturated heterocycles. The fraction of sp³-hybridized carbons (Fsp3) is 0. The molecule has 1 aliphatic rings. The molecule has 3 N–H and O–H groups in total. The number of carbonyl (C=O) groups is 1. The highest BCUT2D eigenvalue weighted by molar-refractivity contribution is 5.94. The number of nitrogens with one attached hydrogen (secondary N) is 3. The molecular formula is C13H11N3O2. The van der Waals surface area contributed by atoms with Crippen molar-refractivity contribution in [3.8, 4) is 11.1 Å². The summed E-state index contributed by atoms with van der Waals surface area (Å²) in [7, 11) is 0. The Morgan fingerprint density at radius 1 is 1.00 bits per heavy atom. The van der Waals surface area contributed by atoms with Gasteiger partial charge in [0, 0.05) is 6.07 Å². The van der Waals surface area contributed by atoms with E-state index in [4.69, 9.17) is 0 Å². The van der Waals surface area contributed by atoms with Gasteiger partial charge in [0.05, 0.1) is 0 Å². The van der Waals surface area contributed by atoms with Crippen LogP contribution < -0.4 is 15.9 Å². The Morgan fingerprint density at radius 3 is 2.56 bits per heavy atom. The van der Waals surface area contributed by atoms with Crippen LogP contribution in [0, 0.1) is 5.21 Å². The van der Waals surface area contributed by atoms with Crippen LogP contribution >= 0.6 is 0 Å². The highest BCUT2D eigenvalue weighted by atomic mass is 16.5. The van der Waals surface area contributed by atoms with Crippen molar-refractivity contribution in [1.82, 2.24) is 5.43 Å². The SMILES string of the molecule is O=C1Nc2cc(-c3ccccc3)ccc2[NH+]([O-])N1. The van der Waals surface area contributed by atoms with E-state index in [0.29, 0.717) is 11.4 Å².